The van der Waals surface area contributed by atoms with Gasteiger partial charge in [-0.25, -0.2) is 4.98 Å². The zero-order chi connectivity index (χ0) is 19.0. The maximum absolute atomic E-state index is 13.5. The summed E-state index contributed by atoms with van der Waals surface area (Å²) in [4.78, 5) is 20.3. The second-order valence-electron chi connectivity index (χ2n) is 7.18. The average molecular weight is 436 g/mol. The number of halogens is 2. The molecule has 1 aromatic carbocycles. The maximum Gasteiger partial charge on any atom is 0.255 e. The van der Waals surface area contributed by atoms with Crippen LogP contribution in [0.3, 0.4) is 0 Å². The average Bonchev–Trinajstić information content (AvgIpc) is 3.26. The number of carbonyl (C=O) groups is 1. The Balaban J connectivity index is 0.00000150. The van der Waals surface area contributed by atoms with Gasteiger partial charge in [-0.2, -0.15) is 5.10 Å². The number of benzene rings is 1. The fourth-order valence-electron chi connectivity index (χ4n) is 4.08. The van der Waals surface area contributed by atoms with Gasteiger partial charge in [0.2, 0.25) is 0 Å². The molecule has 4 rings (SSSR count). The molecule has 3 aromatic rings. The number of nitrogens with zero attached hydrogens (tertiary/aromatic N) is 4. The van der Waals surface area contributed by atoms with Gasteiger partial charge in [-0.3, -0.25) is 9.48 Å². The van der Waals surface area contributed by atoms with E-state index in [0.29, 0.717) is 5.56 Å². The highest BCUT2D eigenvalue weighted by atomic mass is 35.5. The summed E-state index contributed by atoms with van der Waals surface area (Å²) < 4.78 is 1.77. The van der Waals surface area contributed by atoms with Gasteiger partial charge in [0.15, 0.2) is 5.65 Å². The number of aromatic nitrogens is 3. The van der Waals surface area contributed by atoms with Gasteiger partial charge in [-0.05, 0) is 32.9 Å². The summed E-state index contributed by atoms with van der Waals surface area (Å²) in [5, 5.41) is 8.59. The van der Waals surface area contributed by atoms with E-state index in [9.17, 15) is 4.79 Å². The van der Waals surface area contributed by atoms with Crippen LogP contribution < -0.4 is 5.32 Å². The molecule has 8 heteroatoms. The quantitative estimate of drug-likeness (QED) is 0.679. The number of nitrogens with one attached hydrogen (secondary N) is 1. The number of pyridine rings is 1. The van der Waals surface area contributed by atoms with Crippen molar-refractivity contribution >= 4 is 41.8 Å². The lowest BCUT2D eigenvalue weighted by Gasteiger charge is -2.25. The van der Waals surface area contributed by atoms with Crippen molar-refractivity contribution in [2.45, 2.75) is 25.8 Å². The molecule has 1 saturated heterocycles. The Morgan fingerprint density at radius 1 is 1.24 bits per heavy atom. The van der Waals surface area contributed by atoms with Crippen molar-refractivity contribution in [2.75, 3.05) is 20.1 Å². The molecule has 1 N–H and O–H groups in total. The van der Waals surface area contributed by atoms with Crippen molar-refractivity contribution in [3.8, 4) is 11.3 Å². The monoisotopic (exact) mass is 435 g/mol. The zero-order valence-corrected chi connectivity index (χ0v) is 18.5. The van der Waals surface area contributed by atoms with E-state index in [0.717, 1.165) is 53.9 Å². The molecule has 1 amide bonds. The highest BCUT2D eigenvalue weighted by Crippen LogP contribution is 2.29. The van der Waals surface area contributed by atoms with Gasteiger partial charge in [-0.15, -0.1) is 24.8 Å². The summed E-state index contributed by atoms with van der Waals surface area (Å²) in [5.41, 5.74) is 4.10. The number of likely N-dealkylation sites (tertiary alicyclic amines) is 1. The second kappa shape index (κ2) is 9.57. The minimum Gasteiger partial charge on any atom is -0.334 e. The second-order valence-corrected chi connectivity index (χ2v) is 7.18. The molecule has 3 heterocycles. The largest absolute Gasteiger partial charge is 0.334 e. The summed E-state index contributed by atoms with van der Waals surface area (Å²) in [6.07, 6.45) is 2.09. The van der Waals surface area contributed by atoms with Gasteiger partial charge >= 0.3 is 0 Å². The third-order valence-electron chi connectivity index (χ3n) is 5.35. The summed E-state index contributed by atoms with van der Waals surface area (Å²) in [7, 11) is 3.81. The summed E-state index contributed by atoms with van der Waals surface area (Å²) >= 11 is 0. The Morgan fingerprint density at radius 2 is 1.97 bits per heavy atom. The Morgan fingerprint density at radius 3 is 2.66 bits per heavy atom. The molecule has 0 aliphatic carbocycles. The molecule has 0 spiro atoms. The zero-order valence-electron chi connectivity index (χ0n) is 16.9. The van der Waals surface area contributed by atoms with E-state index in [-0.39, 0.29) is 36.8 Å². The van der Waals surface area contributed by atoms with E-state index in [4.69, 9.17) is 4.98 Å². The summed E-state index contributed by atoms with van der Waals surface area (Å²) in [5.74, 6) is 0.0773. The predicted octanol–water partition coefficient (Wildman–Crippen LogP) is 3.61. The lowest BCUT2D eigenvalue weighted by Crippen LogP contribution is -2.41. The number of hydrogen-bond acceptors (Lipinski definition) is 4. The van der Waals surface area contributed by atoms with Crippen LogP contribution in [0.1, 0.15) is 28.9 Å². The van der Waals surface area contributed by atoms with Crippen LogP contribution >= 0.6 is 24.8 Å². The number of fused-ring (bicyclic) bond motifs is 1. The lowest BCUT2D eigenvalue weighted by molar-refractivity contribution is 0.0739. The van der Waals surface area contributed by atoms with E-state index >= 15 is 0 Å². The normalized spacial score (nSPS) is 15.8. The first-order chi connectivity index (χ1) is 13.1. The van der Waals surface area contributed by atoms with E-state index in [1.54, 1.807) is 4.68 Å². The predicted molar refractivity (Wildman–Crippen MR) is 121 cm³/mol. The van der Waals surface area contributed by atoms with Crippen molar-refractivity contribution in [3.05, 3.63) is 47.7 Å². The summed E-state index contributed by atoms with van der Waals surface area (Å²) in [6, 6.07) is 12.2. The van der Waals surface area contributed by atoms with Crippen LogP contribution in [-0.2, 0) is 7.05 Å². The molecule has 1 aliphatic heterocycles. The van der Waals surface area contributed by atoms with Gasteiger partial charge in [-0.1, -0.05) is 30.3 Å². The van der Waals surface area contributed by atoms with Crippen molar-refractivity contribution in [1.82, 2.24) is 25.0 Å². The number of carbonyl (C=O) groups excluding carboxylic acids is 1. The van der Waals surface area contributed by atoms with E-state index in [1.807, 2.05) is 62.3 Å². The molecule has 2 aromatic heterocycles. The minimum atomic E-state index is 0. The van der Waals surface area contributed by atoms with Crippen LogP contribution in [0.5, 0.6) is 0 Å². The summed E-state index contributed by atoms with van der Waals surface area (Å²) in [6.45, 7) is 3.56. The van der Waals surface area contributed by atoms with Crippen LogP contribution in [0.4, 0.5) is 0 Å². The van der Waals surface area contributed by atoms with Crippen molar-refractivity contribution in [2.24, 2.45) is 7.05 Å². The first-order valence-corrected chi connectivity index (χ1v) is 9.45. The molecule has 1 atom stereocenters. The van der Waals surface area contributed by atoms with Gasteiger partial charge in [0.05, 0.1) is 22.3 Å². The molecule has 1 fully saturated rings. The number of hydrogen-bond donors (Lipinski definition) is 1. The van der Waals surface area contributed by atoms with Gasteiger partial charge in [0, 0.05) is 31.7 Å². The number of aryl methyl sites for hydroxylation is 2. The highest BCUT2D eigenvalue weighted by molar-refractivity contribution is 6.07. The first-order valence-electron chi connectivity index (χ1n) is 9.45. The molecule has 0 saturated carbocycles. The first kappa shape index (κ1) is 23.1. The topological polar surface area (TPSA) is 63.1 Å². The molecular formula is C21H27Cl2N5O. The van der Waals surface area contributed by atoms with Gasteiger partial charge < -0.3 is 10.2 Å². The van der Waals surface area contributed by atoms with E-state index in [1.165, 1.54) is 0 Å². The van der Waals surface area contributed by atoms with Gasteiger partial charge in [0.1, 0.15) is 0 Å². The van der Waals surface area contributed by atoms with Crippen molar-refractivity contribution < 1.29 is 4.79 Å². The minimum absolute atomic E-state index is 0. The fourth-order valence-corrected chi connectivity index (χ4v) is 4.08. The Kier molecular flexibility index (Phi) is 7.63. The van der Waals surface area contributed by atoms with Crippen molar-refractivity contribution in [3.63, 3.8) is 0 Å². The van der Waals surface area contributed by atoms with Crippen LogP contribution in [0.25, 0.3) is 22.3 Å². The molecule has 29 heavy (non-hydrogen) atoms. The highest BCUT2D eigenvalue weighted by Gasteiger charge is 2.31. The SMILES string of the molecule is CNCC1CCCN1C(=O)c1cc(-c2ccccc2)nc2c1c(C)nn2C.Cl.Cl. The third kappa shape index (κ3) is 4.25. The Bertz CT molecular complexity index is 990. The maximum atomic E-state index is 13.5. The Hall–Kier alpha value is -2.15. The number of amides is 1. The van der Waals surface area contributed by atoms with E-state index < -0.39 is 0 Å². The van der Waals surface area contributed by atoms with Crippen LogP contribution in [0.2, 0.25) is 0 Å². The molecule has 156 valence electrons. The van der Waals surface area contributed by atoms with Crippen molar-refractivity contribution in [1.29, 1.82) is 0 Å². The molecule has 1 unspecified atom stereocenters. The lowest BCUT2D eigenvalue weighted by atomic mass is 10.0. The molecular weight excluding hydrogens is 409 g/mol. The standard InChI is InChI=1S/C21H25N5O.2ClH/c1-14-19-17(21(27)26-11-7-10-16(26)13-22-2)12-18(15-8-5-4-6-9-15)23-20(19)25(3)24-14;;/h4-6,8-9,12,16,22H,7,10-11,13H2,1-3H3;2*1H. The van der Waals surface area contributed by atoms with Crippen LogP contribution in [-0.4, -0.2) is 51.8 Å². The molecule has 1 aliphatic rings. The van der Waals surface area contributed by atoms with E-state index in [2.05, 4.69) is 10.4 Å². The molecule has 0 bridgehead atoms. The molecule has 0 radical (unpaired) electrons. The molecule has 6 nitrogen and oxygen atoms in total. The third-order valence-corrected chi connectivity index (χ3v) is 5.35. The smallest absolute Gasteiger partial charge is 0.255 e. The van der Waals surface area contributed by atoms with Crippen LogP contribution in [0.15, 0.2) is 36.4 Å². The van der Waals surface area contributed by atoms with Gasteiger partial charge in [0.25, 0.3) is 5.91 Å². The fraction of sp³-hybridized carbons (Fsp3) is 0.381. The Labute approximate surface area is 183 Å². The van der Waals surface area contributed by atoms with Crippen LogP contribution in [0, 0.1) is 6.92 Å². The number of likely N-dealkylation sites (N-methyl/N-ethyl adjacent to an activating group) is 1. The number of rotatable bonds is 4.